The molecule has 0 aliphatic heterocycles. The molecule has 0 fully saturated rings. The molecule has 116 valence electrons. The fraction of sp³-hybridized carbons (Fsp3) is 0.250. The highest BCUT2D eigenvalue weighted by atomic mass is 16.2. The summed E-state index contributed by atoms with van der Waals surface area (Å²) in [4.78, 5) is 28.7. The fourth-order valence-corrected chi connectivity index (χ4v) is 2.58. The Kier molecular flexibility index (Phi) is 3.81. The average Bonchev–Trinajstić information content (AvgIpc) is 2.99. The minimum absolute atomic E-state index is 0.140. The van der Waals surface area contributed by atoms with Crippen LogP contribution in [-0.4, -0.2) is 18.7 Å². The van der Waals surface area contributed by atoms with Gasteiger partial charge in [-0.05, 0) is 12.0 Å². The summed E-state index contributed by atoms with van der Waals surface area (Å²) in [5, 5.41) is 8.89. The number of imidazole rings is 1. The minimum atomic E-state index is -0.530. The summed E-state index contributed by atoms with van der Waals surface area (Å²) in [5.41, 5.74) is 0.824. The quantitative estimate of drug-likeness (QED) is 0.708. The molecule has 0 amide bonds. The first kappa shape index (κ1) is 14.8. The first-order chi connectivity index (χ1) is 11.1. The van der Waals surface area contributed by atoms with Crippen molar-refractivity contribution >= 4 is 11.2 Å². The SMILES string of the molecule is Cn1c(=O)c2c(ncn2CCc2ccccc2)n(CC#N)c1=O. The van der Waals surface area contributed by atoms with E-state index in [1.54, 1.807) is 10.9 Å². The topological polar surface area (TPSA) is 85.6 Å². The molecule has 0 saturated carbocycles. The van der Waals surface area contributed by atoms with E-state index in [1.807, 2.05) is 36.4 Å². The lowest BCUT2D eigenvalue weighted by molar-refractivity contribution is 0.669. The highest BCUT2D eigenvalue weighted by molar-refractivity contribution is 5.70. The van der Waals surface area contributed by atoms with Crippen molar-refractivity contribution in [1.29, 1.82) is 5.26 Å². The van der Waals surface area contributed by atoms with Crippen LogP contribution in [-0.2, 0) is 26.6 Å². The Morgan fingerprint density at radius 1 is 1.22 bits per heavy atom. The summed E-state index contributed by atoms with van der Waals surface area (Å²) in [5.74, 6) is 0. The molecule has 0 bridgehead atoms. The third-order valence-electron chi connectivity index (χ3n) is 3.81. The molecule has 0 radical (unpaired) electrons. The van der Waals surface area contributed by atoms with Gasteiger partial charge in [0.05, 0.1) is 12.4 Å². The number of rotatable bonds is 4. The van der Waals surface area contributed by atoms with Gasteiger partial charge in [0.2, 0.25) is 0 Å². The lowest BCUT2D eigenvalue weighted by Gasteiger charge is -2.07. The second kappa shape index (κ2) is 5.93. The Hall–Kier alpha value is -3.14. The Balaban J connectivity index is 2.08. The zero-order chi connectivity index (χ0) is 16.4. The predicted octanol–water partition coefficient (Wildman–Crippen LogP) is 0.663. The lowest BCUT2D eigenvalue weighted by atomic mass is 10.1. The first-order valence-corrected chi connectivity index (χ1v) is 7.19. The van der Waals surface area contributed by atoms with Gasteiger partial charge in [-0.15, -0.1) is 0 Å². The summed E-state index contributed by atoms with van der Waals surface area (Å²) < 4.78 is 3.97. The van der Waals surface area contributed by atoms with Crippen LogP contribution in [0.25, 0.3) is 11.2 Å². The molecule has 0 saturated heterocycles. The van der Waals surface area contributed by atoms with Crippen LogP contribution < -0.4 is 11.2 Å². The van der Waals surface area contributed by atoms with E-state index in [-0.39, 0.29) is 12.2 Å². The van der Waals surface area contributed by atoms with Gasteiger partial charge >= 0.3 is 5.69 Å². The molecule has 3 aromatic rings. The third kappa shape index (κ3) is 2.55. The lowest BCUT2D eigenvalue weighted by Crippen LogP contribution is -2.38. The van der Waals surface area contributed by atoms with Crippen LogP contribution in [0, 0.1) is 11.3 Å². The summed E-state index contributed by atoms with van der Waals surface area (Å²) in [6, 6.07) is 11.8. The molecule has 1 aromatic carbocycles. The van der Waals surface area contributed by atoms with Gasteiger partial charge in [0, 0.05) is 13.6 Å². The van der Waals surface area contributed by atoms with E-state index < -0.39 is 11.2 Å². The molecular formula is C16H15N5O2. The van der Waals surface area contributed by atoms with Gasteiger partial charge in [-0.25, -0.2) is 9.78 Å². The normalized spacial score (nSPS) is 10.8. The van der Waals surface area contributed by atoms with Crippen LogP contribution in [0.2, 0.25) is 0 Å². The monoisotopic (exact) mass is 309 g/mol. The second-order valence-corrected chi connectivity index (χ2v) is 5.24. The molecule has 2 aromatic heterocycles. The van der Waals surface area contributed by atoms with E-state index in [9.17, 15) is 9.59 Å². The van der Waals surface area contributed by atoms with Crippen molar-refractivity contribution in [3.8, 4) is 6.07 Å². The van der Waals surface area contributed by atoms with Gasteiger partial charge in [-0.2, -0.15) is 5.26 Å². The molecule has 3 rings (SSSR count). The van der Waals surface area contributed by atoms with E-state index >= 15 is 0 Å². The summed E-state index contributed by atoms with van der Waals surface area (Å²) in [7, 11) is 1.41. The Bertz CT molecular complexity index is 1010. The van der Waals surface area contributed by atoms with Gasteiger partial charge in [0.15, 0.2) is 11.2 Å². The number of benzene rings is 1. The molecular weight excluding hydrogens is 294 g/mol. The van der Waals surface area contributed by atoms with E-state index in [4.69, 9.17) is 5.26 Å². The van der Waals surface area contributed by atoms with Crippen molar-refractivity contribution in [2.45, 2.75) is 19.5 Å². The molecule has 0 aliphatic carbocycles. The maximum atomic E-state index is 12.4. The number of nitriles is 1. The molecule has 0 atom stereocenters. The van der Waals surface area contributed by atoms with E-state index in [2.05, 4.69) is 4.98 Å². The predicted molar refractivity (Wildman–Crippen MR) is 85.0 cm³/mol. The van der Waals surface area contributed by atoms with E-state index in [0.29, 0.717) is 12.1 Å². The number of nitrogens with zero attached hydrogens (tertiary/aromatic N) is 5. The number of hydrogen-bond donors (Lipinski definition) is 0. The number of hydrogen-bond acceptors (Lipinski definition) is 4. The molecule has 0 spiro atoms. The maximum absolute atomic E-state index is 12.4. The highest BCUT2D eigenvalue weighted by Crippen LogP contribution is 2.09. The third-order valence-corrected chi connectivity index (χ3v) is 3.81. The largest absolute Gasteiger partial charge is 0.333 e. The van der Waals surface area contributed by atoms with Gasteiger partial charge in [-0.3, -0.25) is 13.9 Å². The molecule has 7 nitrogen and oxygen atoms in total. The van der Waals surface area contributed by atoms with Crippen LogP contribution in [0.5, 0.6) is 0 Å². The van der Waals surface area contributed by atoms with Gasteiger partial charge < -0.3 is 4.57 Å². The van der Waals surface area contributed by atoms with Crippen molar-refractivity contribution in [1.82, 2.24) is 18.7 Å². The van der Waals surface area contributed by atoms with Crippen molar-refractivity contribution in [3.05, 3.63) is 63.1 Å². The van der Waals surface area contributed by atoms with Crippen LogP contribution in [0.15, 0.2) is 46.2 Å². The smallest absolute Gasteiger partial charge is 0.324 e. The van der Waals surface area contributed by atoms with Crippen molar-refractivity contribution in [2.24, 2.45) is 7.05 Å². The van der Waals surface area contributed by atoms with Crippen LogP contribution >= 0.6 is 0 Å². The zero-order valence-electron chi connectivity index (χ0n) is 12.6. The van der Waals surface area contributed by atoms with Crippen LogP contribution in [0.3, 0.4) is 0 Å². The molecule has 23 heavy (non-hydrogen) atoms. The van der Waals surface area contributed by atoms with Gasteiger partial charge in [0.1, 0.15) is 6.54 Å². The first-order valence-electron chi connectivity index (χ1n) is 7.19. The molecule has 0 N–H and O–H groups in total. The second-order valence-electron chi connectivity index (χ2n) is 5.24. The molecule has 2 heterocycles. The molecule has 7 heteroatoms. The summed E-state index contributed by atoms with van der Waals surface area (Å²) >= 11 is 0. The summed E-state index contributed by atoms with van der Waals surface area (Å²) in [6.07, 6.45) is 2.29. The highest BCUT2D eigenvalue weighted by Gasteiger charge is 2.15. The maximum Gasteiger partial charge on any atom is 0.333 e. The summed E-state index contributed by atoms with van der Waals surface area (Å²) in [6.45, 7) is 0.430. The van der Waals surface area contributed by atoms with E-state index in [0.717, 1.165) is 16.6 Å². The Labute approximate surface area is 131 Å². The zero-order valence-corrected chi connectivity index (χ0v) is 12.6. The standard InChI is InChI=1S/C16H15N5O2/c1-19-15(22)13-14(21(10-8-17)16(19)23)18-11-20(13)9-7-12-5-3-2-4-6-12/h2-6,11H,7,9-10H2,1H3. The Morgan fingerprint density at radius 2 is 1.96 bits per heavy atom. The van der Waals surface area contributed by atoms with Crippen molar-refractivity contribution in [2.75, 3.05) is 0 Å². The Morgan fingerprint density at radius 3 is 2.65 bits per heavy atom. The van der Waals surface area contributed by atoms with Crippen molar-refractivity contribution in [3.63, 3.8) is 0 Å². The molecule has 0 unspecified atom stereocenters. The fourth-order valence-electron chi connectivity index (χ4n) is 2.58. The number of aromatic nitrogens is 4. The van der Waals surface area contributed by atoms with Crippen molar-refractivity contribution < 1.29 is 0 Å². The van der Waals surface area contributed by atoms with Gasteiger partial charge in [0.25, 0.3) is 5.56 Å². The number of fused-ring (bicyclic) bond motifs is 1. The number of aryl methyl sites for hydroxylation is 2. The van der Waals surface area contributed by atoms with Gasteiger partial charge in [-0.1, -0.05) is 30.3 Å². The molecule has 0 aliphatic rings. The minimum Gasteiger partial charge on any atom is -0.324 e. The average molecular weight is 309 g/mol. The van der Waals surface area contributed by atoms with E-state index in [1.165, 1.54) is 11.6 Å². The van der Waals surface area contributed by atoms with Crippen LogP contribution in [0.4, 0.5) is 0 Å². The van der Waals surface area contributed by atoms with Crippen LogP contribution in [0.1, 0.15) is 5.56 Å².